The number of nitrogens with one attached hydrogen (secondary N) is 1. The third-order valence-corrected chi connectivity index (χ3v) is 6.38. The molecule has 1 N–H and O–H groups in total. The number of likely N-dealkylation sites (tertiary alicyclic amines) is 1. The normalized spacial score (nSPS) is 14.3. The van der Waals surface area contributed by atoms with Gasteiger partial charge in [-0.15, -0.1) is 5.10 Å². The molecule has 5 rings (SSSR count). The van der Waals surface area contributed by atoms with Gasteiger partial charge in [0.05, 0.1) is 28.8 Å². The highest BCUT2D eigenvalue weighted by Crippen LogP contribution is 2.27. The number of H-pyrrole nitrogens is 1. The molecule has 2 aromatic carbocycles. The minimum absolute atomic E-state index is 0.00216. The standard InChI is InChI=1S/C24H20ClN7O2/c25-19-7-2-1-6-18(19)24(34)31-10-8-17(9-11-31)21-27-22-20(23(33)28-21)29-30-32(22)14-16-5-3-4-15(12-16)13-26/h1-7,12,17H,8-11,14H2,(H,27,28,33). The highest BCUT2D eigenvalue weighted by atomic mass is 35.5. The molecule has 2 aromatic heterocycles. The predicted molar refractivity (Wildman–Crippen MR) is 126 cm³/mol. The first kappa shape index (κ1) is 21.8. The molecule has 0 bridgehead atoms. The summed E-state index contributed by atoms with van der Waals surface area (Å²) in [5.74, 6) is 0.470. The van der Waals surface area contributed by atoms with E-state index in [4.69, 9.17) is 21.8 Å². The first-order valence-electron chi connectivity index (χ1n) is 10.9. The molecule has 0 unspecified atom stereocenters. The molecule has 10 heteroatoms. The van der Waals surface area contributed by atoms with Crippen LogP contribution in [0.5, 0.6) is 0 Å². The molecule has 0 atom stereocenters. The van der Waals surface area contributed by atoms with Crippen molar-refractivity contribution in [3.05, 3.63) is 86.4 Å². The van der Waals surface area contributed by atoms with Crippen LogP contribution in [0, 0.1) is 11.3 Å². The Hall–Kier alpha value is -4.03. The number of nitriles is 1. The molecule has 1 saturated heterocycles. The maximum absolute atomic E-state index is 12.8. The number of carbonyl (C=O) groups is 1. The molecular weight excluding hydrogens is 454 g/mol. The highest BCUT2D eigenvalue weighted by Gasteiger charge is 2.27. The van der Waals surface area contributed by atoms with Gasteiger partial charge in [-0.1, -0.05) is 41.1 Å². The molecule has 0 radical (unpaired) electrons. The Morgan fingerprint density at radius 3 is 2.74 bits per heavy atom. The van der Waals surface area contributed by atoms with Crippen molar-refractivity contribution in [2.24, 2.45) is 0 Å². The Morgan fingerprint density at radius 1 is 1.18 bits per heavy atom. The summed E-state index contributed by atoms with van der Waals surface area (Å²) in [5.41, 5.74) is 2.13. The second-order valence-electron chi connectivity index (χ2n) is 8.23. The van der Waals surface area contributed by atoms with Crippen LogP contribution in [0.25, 0.3) is 11.2 Å². The van der Waals surface area contributed by atoms with E-state index in [2.05, 4.69) is 21.4 Å². The molecule has 0 spiro atoms. The lowest BCUT2D eigenvalue weighted by Gasteiger charge is -2.31. The van der Waals surface area contributed by atoms with E-state index in [0.29, 0.717) is 60.1 Å². The van der Waals surface area contributed by atoms with Crippen LogP contribution in [0.15, 0.2) is 53.3 Å². The Morgan fingerprint density at radius 2 is 1.97 bits per heavy atom. The first-order valence-corrected chi connectivity index (χ1v) is 11.3. The summed E-state index contributed by atoms with van der Waals surface area (Å²) in [7, 11) is 0. The zero-order valence-corrected chi connectivity index (χ0v) is 18.9. The van der Waals surface area contributed by atoms with E-state index in [0.717, 1.165) is 5.56 Å². The van der Waals surface area contributed by atoms with E-state index in [1.807, 2.05) is 6.07 Å². The molecule has 1 fully saturated rings. The van der Waals surface area contributed by atoms with Crippen molar-refractivity contribution in [3.8, 4) is 6.07 Å². The number of nitrogens with zero attached hydrogens (tertiary/aromatic N) is 6. The van der Waals surface area contributed by atoms with Crippen molar-refractivity contribution >= 4 is 28.7 Å². The monoisotopic (exact) mass is 473 g/mol. The topological polar surface area (TPSA) is 121 Å². The number of rotatable bonds is 4. The van der Waals surface area contributed by atoms with Gasteiger partial charge in [0.2, 0.25) is 0 Å². The number of amides is 1. The summed E-state index contributed by atoms with van der Waals surface area (Å²) in [6.07, 6.45) is 1.33. The van der Waals surface area contributed by atoms with Crippen LogP contribution in [-0.2, 0) is 6.54 Å². The van der Waals surface area contributed by atoms with Crippen molar-refractivity contribution < 1.29 is 4.79 Å². The molecule has 9 nitrogen and oxygen atoms in total. The van der Waals surface area contributed by atoms with Gasteiger partial charge in [-0.3, -0.25) is 9.59 Å². The van der Waals surface area contributed by atoms with Gasteiger partial charge in [-0.05, 0) is 42.7 Å². The number of piperidine rings is 1. The van der Waals surface area contributed by atoms with Crippen molar-refractivity contribution in [1.29, 1.82) is 5.26 Å². The lowest BCUT2D eigenvalue weighted by atomic mass is 9.95. The third kappa shape index (κ3) is 4.16. The molecule has 34 heavy (non-hydrogen) atoms. The molecule has 3 heterocycles. The van der Waals surface area contributed by atoms with Gasteiger partial charge in [0.1, 0.15) is 5.82 Å². The number of halogens is 1. The summed E-state index contributed by atoms with van der Waals surface area (Å²) >= 11 is 6.19. The Balaban J connectivity index is 1.36. The number of hydrogen-bond donors (Lipinski definition) is 1. The van der Waals surface area contributed by atoms with Crippen molar-refractivity contribution in [3.63, 3.8) is 0 Å². The minimum Gasteiger partial charge on any atom is -0.339 e. The van der Waals surface area contributed by atoms with Crippen LogP contribution in [0.2, 0.25) is 5.02 Å². The minimum atomic E-state index is -0.341. The number of aromatic nitrogens is 5. The summed E-state index contributed by atoms with van der Waals surface area (Å²) < 4.78 is 1.57. The molecule has 1 aliphatic rings. The van der Waals surface area contributed by atoms with E-state index < -0.39 is 0 Å². The van der Waals surface area contributed by atoms with E-state index in [1.54, 1.807) is 52.0 Å². The quantitative estimate of drug-likeness (QED) is 0.486. The van der Waals surface area contributed by atoms with Gasteiger partial charge in [0, 0.05) is 19.0 Å². The van der Waals surface area contributed by atoms with E-state index in [9.17, 15) is 9.59 Å². The van der Waals surface area contributed by atoms with Crippen molar-refractivity contribution in [1.82, 2.24) is 29.9 Å². The van der Waals surface area contributed by atoms with E-state index in [-0.39, 0.29) is 22.9 Å². The predicted octanol–water partition coefficient (Wildman–Crippen LogP) is 3.11. The Labute approximate surface area is 199 Å². The van der Waals surface area contributed by atoms with Crippen LogP contribution < -0.4 is 5.56 Å². The average molecular weight is 474 g/mol. The Bertz CT molecular complexity index is 1480. The van der Waals surface area contributed by atoms with Crippen LogP contribution in [0.3, 0.4) is 0 Å². The molecule has 1 aliphatic heterocycles. The number of carbonyl (C=O) groups excluding carboxylic acids is 1. The fourth-order valence-corrected chi connectivity index (χ4v) is 4.47. The zero-order valence-electron chi connectivity index (χ0n) is 18.1. The van der Waals surface area contributed by atoms with Crippen LogP contribution >= 0.6 is 11.6 Å². The zero-order chi connectivity index (χ0) is 23.7. The second kappa shape index (κ2) is 9.08. The molecule has 1 amide bonds. The van der Waals surface area contributed by atoms with E-state index >= 15 is 0 Å². The molecular formula is C24H20ClN7O2. The number of hydrogen-bond acceptors (Lipinski definition) is 6. The number of aromatic amines is 1. The molecule has 4 aromatic rings. The molecule has 170 valence electrons. The maximum atomic E-state index is 12.8. The molecule has 0 aliphatic carbocycles. The van der Waals surface area contributed by atoms with Crippen LogP contribution in [-0.4, -0.2) is 48.9 Å². The van der Waals surface area contributed by atoms with E-state index in [1.165, 1.54) is 0 Å². The lowest BCUT2D eigenvalue weighted by molar-refractivity contribution is 0.0711. The van der Waals surface area contributed by atoms with Gasteiger partial charge in [0.25, 0.3) is 11.5 Å². The lowest BCUT2D eigenvalue weighted by Crippen LogP contribution is -2.38. The summed E-state index contributed by atoms with van der Waals surface area (Å²) in [6.45, 7) is 1.41. The first-order chi connectivity index (χ1) is 16.5. The van der Waals surface area contributed by atoms with Crippen LogP contribution in [0.1, 0.15) is 46.1 Å². The van der Waals surface area contributed by atoms with Gasteiger partial charge < -0.3 is 9.88 Å². The SMILES string of the molecule is N#Cc1cccc(Cn2nnc3c(=O)[nH]c(C4CCN(C(=O)c5ccccc5Cl)CC4)nc32)c1. The smallest absolute Gasteiger partial charge is 0.281 e. The average Bonchev–Trinajstić information content (AvgIpc) is 3.27. The molecule has 0 saturated carbocycles. The van der Waals surface area contributed by atoms with Crippen molar-refractivity contribution in [2.75, 3.05) is 13.1 Å². The fraction of sp³-hybridized carbons (Fsp3) is 0.250. The van der Waals surface area contributed by atoms with Crippen LogP contribution in [0.4, 0.5) is 0 Å². The summed E-state index contributed by atoms with van der Waals surface area (Å²) in [4.78, 5) is 34.8. The highest BCUT2D eigenvalue weighted by molar-refractivity contribution is 6.33. The van der Waals surface area contributed by atoms with Gasteiger partial charge >= 0.3 is 0 Å². The largest absolute Gasteiger partial charge is 0.339 e. The fourth-order valence-electron chi connectivity index (χ4n) is 4.26. The summed E-state index contributed by atoms with van der Waals surface area (Å²) in [5, 5.41) is 17.7. The third-order valence-electron chi connectivity index (χ3n) is 6.05. The summed E-state index contributed by atoms with van der Waals surface area (Å²) in [6, 6.07) is 16.3. The second-order valence-corrected chi connectivity index (χ2v) is 8.64. The van der Waals surface area contributed by atoms with Crippen molar-refractivity contribution in [2.45, 2.75) is 25.3 Å². The number of benzene rings is 2. The number of fused-ring (bicyclic) bond motifs is 1. The maximum Gasteiger partial charge on any atom is 0.281 e. The van der Waals surface area contributed by atoms with Gasteiger partial charge in [-0.25, -0.2) is 9.67 Å². The van der Waals surface area contributed by atoms with Gasteiger partial charge in [0.15, 0.2) is 11.2 Å². The van der Waals surface area contributed by atoms with Gasteiger partial charge in [-0.2, -0.15) is 5.26 Å². The Kier molecular flexibility index (Phi) is 5.82.